The van der Waals surface area contributed by atoms with Gasteiger partial charge in [0.1, 0.15) is 11.5 Å². The molecule has 2 N–H and O–H groups in total. The van der Waals surface area contributed by atoms with Gasteiger partial charge in [0.05, 0.1) is 12.4 Å². The Morgan fingerprint density at radius 3 is 2.43 bits per heavy atom. The highest BCUT2D eigenvalue weighted by Crippen LogP contribution is 2.26. The van der Waals surface area contributed by atoms with Crippen molar-refractivity contribution in [2.24, 2.45) is 11.7 Å². The highest BCUT2D eigenvalue weighted by atomic mass is 32.2. The Balaban J connectivity index is 2.17. The van der Waals surface area contributed by atoms with Crippen molar-refractivity contribution in [3.8, 4) is 5.75 Å². The van der Waals surface area contributed by atoms with Crippen LogP contribution >= 0.6 is 0 Å². The van der Waals surface area contributed by atoms with Gasteiger partial charge >= 0.3 is 0 Å². The third kappa shape index (κ3) is 6.10. The molecule has 2 rings (SSSR count). The van der Waals surface area contributed by atoms with Crippen LogP contribution in [0.25, 0.3) is 0 Å². The average Bonchev–Trinajstić information content (AvgIpc) is 2.81. The predicted molar refractivity (Wildman–Crippen MR) is 112 cm³/mol. The molecule has 1 aromatic rings. The van der Waals surface area contributed by atoms with E-state index in [1.54, 1.807) is 4.90 Å². The van der Waals surface area contributed by atoms with E-state index in [2.05, 4.69) is 18.7 Å². The van der Waals surface area contributed by atoms with Crippen LogP contribution < -0.4 is 15.4 Å². The standard InChI is InChI=1S/C20H33N3O4S/c1-4-17-14-22(20(24)15-28(25,26)11-10-21)12-16(3)13-23(17)18-6-8-19(9-7-18)27-5-2/h6-9,16-17H,4-5,10-15,21H2,1-3H3/t16-,17?/m1/s1. The highest BCUT2D eigenvalue weighted by Gasteiger charge is 2.31. The lowest BCUT2D eigenvalue weighted by Crippen LogP contribution is -2.44. The van der Waals surface area contributed by atoms with Crippen molar-refractivity contribution >= 4 is 21.4 Å². The monoisotopic (exact) mass is 411 g/mol. The van der Waals surface area contributed by atoms with Crippen LogP contribution in [-0.2, 0) is 14.6 Å². The molecule has 1 amide bonds. The molecule has 1 aromatic carbocycles. The van der Waals surface area contributed by atoms with Gasteiger partial charge in [-0.2, -0.15) is 0 Å². The van der Waals surface area contributed by atoms with E-state index in [9.17, 15) is 13.2 Å². The lowest BCUT2D eigenvalue weighted by Gasteiger charge is -2.33. The SMILES string of the molecule is CCOc1ccc(N2C[C@H](C)CN(C(=O)CS(=O)(=O)CCN)CC2CC)cc1. The van der Waals surface area contributed by atoms with Crippen molar-refractivity contribution in [3.63, 3.8) is 0 Å². The molecular formula is C20H33N3O4S. The number of amides is 1. The smallest absolute Gasteiger partial charge is 0.237 e. The van der Waals surface area contributed by atoms with Crippen LogP contribution in [0.15, 0.2) is 24.3 Å². The van der Waals surface area contributed by atoms with E-state index >= 15 is 0 Å². The van der Waals surface area contributed by atoms with E-state index in [4.69, 9.17) is 10.5 Å². The Morgan fingerprint density at radius 1 is 1.18 bits per heavy atom. The Labute approximate surface area is 168 Å². The second kappa shape index (κ2) is 10.1. The van der Waals surface area contributed by atoms with Crippen molar-refractivity contribution in [2.45, 2.75) is 33.2 Å². The summed E-state index contributed by atoms with van der Waals surface area (Å²) in [5.41, 5.74) is 6.44. The molecule has 158 valence electrons. The van der Waals surface area contributed by atoms with Crippen molar-refractivity contribution in [1.82, 2.24) is 4.90 Å². The van der Waals surface area contributed by atoms with E-state index in [0.29, 0.717) is 19.7 Å². The number of carbonyl (C=O) groups is 1. The van der Waals surface area contributed by atoms with Crippen LogP contribution in [-0.4, -0.2) is 69.6 Å². The molecule has 1 aliphatic heterocycles. The van der Waals surface area contributed by atoms with Crippen LogP contribution in [0, 0.1) is 5.92 Å². The van der Waals surface area contributed by atoms with Crippen molar-refractivity contribution < 1.29 is 17.9 Å². The first kappa shape index (κ1) is 22.5. The van der Waals surface area contributed by atoms with Gasteiger partial charge in [-0.05, 0) is 43.5 Å². The quantitative estimate of drug-likeness (QED) is 0.697. The summed E-state index contributed by atoms with van der Waals surface area (Å²) in [4.78, 5) is 16.7. The zero-order valence-corrected chi connectivity index (χ0v) is 18.0. The summed E-state index contributed by atoms with van der Waals surface area (Å²) in [5, 5.41) is 0. The van der Waals surface area contributed by atoms with Crippen molar-refractivity contribution in [2.75, 3.05) is 49.2 Å². The number of sulfone groups is 1. The number of benzene rings is 1. The van der Waals surface area contributed by atoms with Gasteiger partial charge in [0, 0.05) is 37.9 Å². The van der Waals surface area contributed by atoms with Crippen LogP contribution in [0.1, 0.15) is 27.2 Å². The molecule has 8 heteroatoms. The number of rotatable bonds is 8. The number of carbonyl (C=O) groups excluding carboxylic acids is 1. The molecule has 1 unspecified atom stereocenters. The lowest BCUT2D eigenvalue weighted by molar-refractivity contribution is -0.128. The number of ether oxygens (including phenoxy) is 1. The minimum Gasteiger partial charge on any atom is -0.494 e. The average molecular weight is 412 g/mol. The van der Waals surface area contributed by atoms with E-state index in [-0.39, 0.29) is 30.2 Å². The van der Waals surface area contributed by atoms with E-state index in [0.717, 1.165) is 24.4 Å². The number of nitrogens with zero attached hydrogens (tertiary/aromatic N) is 2. The Bertz CT molecular complexity index is 736. The maximum Gasteiger partial charge on any atom is 0.237 e. The minimum absolute atomic E-state index is 0.0368. The fourth-order valence-electron chi connectivity index (χ4n) is 3.65. The topological polar surface area (TPSA) is 92.9 Å². The van der Waals surface area contributed by atoms with Gasteiger partial charge in [-0.1, -0.05) is 13.8 Å². The number of hydrogen-bond acceptors (Lipinski definition) is 6. The van der Waals surface area contributed by atoms with Gasteiger partial charge < -0.3 is 20.3 Å². The molecule has 0 spiro atoms. The van der Waals surface area contributed by atoms with E-state index in [1.165, 1.54) is 0 Å². The molecule has 1 saturated heterocycles. The van der Waals surface area contributed by atoms with Gasteiger partial charge in [-0.3, -0.25) is 4.79 Å². The fourth-order valence-corrected chi connectivity index (χ4v) is 4.71. The molecule has 0 radical (unpaired) electrons. The second-order valence-electron chi connectivity index (χ2n) is 7.43. The highest BCUT2D eigenvalue weighted by molar-refractivity contribution is 7.92. The first-order valence-corrected chi connectivity index (χ1v) is 11.8. The van der Waals surface area contributed by atoms with Crippen molar-refractivity contribution in [1.29, 1.82) is 0 Å². The Morgan fingerprint density at radius 2 is 1.86 bits per heavy atom. The predicted octanol–water partition coefficient (Wildman–Crippen LogP) is 1.52. The summed E-state index contributed by atoms with van der Waals surface area (Å²) in [6, 6.07) is 8.14. The number of nitrogens with two attached hydrogens (primary N) is 1. The molecule has 1 heterocycles. The summed E-state index contributed by atoms with van der Waals surface area (Å²) in [6.45, 7) is 8.69. The summed E-state index contributed by atoms with van der Waals surface area (Å²) in [7, 11) is -3.45. The second-order valence-corrected chi connectivity index (χ2v) is 9.61. The summed E-state index contributed by atoms with van der Waals surface area (Å²) in [5.74, 6) is 0.120. The minimum atomic E-state index is -3.45. The van der Waals surface area contributed by atoms with Crippen LogP contribution in [0.3, 0.4) is 0 Å². The maximum absolute atomic E-state index is 12.7. The molecule has 2 atom stereocenters. The molecular weight excluding hydrogens is 378 g/mol. The maximum atomic E-state index is 12.7. The van der Waals surface area contributed by atoms with E-state index in [1.807, 2.05) is 31.2 Å². The molecule has 1 fully saturated rings. The summed E-state index contributed by atoms with van der Waals surface area (Å²) < 4.78 is 29.6. The first-order chi connectivity index (χ1) is 13.3. The van der Waals surface area contributed by atoms with Crippen LogP contribution in [0.4, 0.5) is 5.69 Å². The Kier molecular flexibility index (Phi) is 8.12. The third-order valence-corrected chi connectivity index (χ3v) is 6.53. The van der Waals surface area contributed by atoms with Gasteiger partial charge in [0.2, 0.25) is 5.91 Å². The van der Waals surface area contributed by atoms with Gasteiger partial charge in [0.15, 0.2) is 9.84 Å². The number of hydrogen-bond donors (Lipinski definition) is 1. The third-order valence-electron chi connectivity index (χ3n) is 4.99. The van der Waals surface area contributed by atoms with Gasteiger partial charge in [-0.15, -0.1) is 0 Å². The number of anilines is 1. The zero-order chi connectivity index (χ0) is 20.7. The molecule has 1 aliphatic rings. The zero-order valence-electron chi connectivity index (χ0n) is 17.1. The molecule has 0 aromatic heterocycles. The van der Waals surface area contributed by atoms with Crippen LogP contribution in [0.5, 0.6) is 5.75 Å². The summed E-state index contributed by atoms with van der Waals surface area (Å²) in [6.07, 6.45) is 0.860. The van der Waals surface area contributed by atoms with Crippen LogP contribution in [0.2, 0.25) is 0 Å². The first-order valence-electron chi connectivity index (χ1n) is 9.97. The largest absolute Gasteiger partial charge is 0.494 e. The van der Waals surface area contributed by atoms with E-state index < -0.39 is 15.6 Å². The Hall–Kier alpha value is -1.80. The molecule has 0 bridgehead atoms. The van der Waals surface area contributed by atoms with Gasteiger partial charge in [0.25, 0.3) is 0 Å². The molecule has 7 nitrogen and oxygen atoms in total. The molecule has 28 heavy (non-hydrogen) atoms. The van der Waals surface area contributed by atoms with Crippen molar-refractivity contribution in [3.05, 3.63) is 24.3 Å². The lowest BCUT2D eigenvalue weighted by atomic mass is 10.1. The normalized spacial score (nSPS) is 20.7. The van der Waals surface area contributed by atoms with Gasteiger partial charge in [-0.25, -0.2) is 8.42 Å². The summed E-state index contributed by atoms with van der Waals surface area (Å²) >= 11 is 0. The fraction of sp³-hybridized carbons (Fsp3) is 0.650. The molecule has 0 saturated carbocycles. The molecule has 0 aliphatic carbocycles.